The monoisotopic (exact) mass is 265 g/mol. The molecule has 1 aromatic carbocycles. The van der Waals surface area contributed by atoms with Crippen molar-refractivity contribution in [1.29, 1.82) is 0 Å². The normalized spacial score (nSPS) is 10.1. The van der Waals surface area contributed by atoms with Crippen molar-refractivity contribution in [1.82, 2.24) is 10.3 Å². The van der Waals surface area contributed by atoms with Crippen molar-refractivity contribution in [3.63, 3.8) is 0 Å². The van der Waals surface area contributed by atoms with Crippen molar-refractivity contribution in [3.8, 4) is 0 Å². The molecule has 1 amide bonds. The zero-order chi connectivity index (χ0) is 13.0. The Morgan fingerprint density at radius 2 is 2.22 bits per heavy atom. The zero-order valence-electron chi connectivity index (χ0n) is 9.74. The number of nitrogens with zero attached hydrogens (tertiary/aromatic N) is 1. The summed E-state index contributed by atoms with van der Waals surface area (Å²) < 4.78 is 13.3. The molecule has 0 saturated heterocycles. The minimum atomic E-state index is -0.524. The number of amides is 1. The van der Waals surface area contributed by atoms with Gasteiger partial charge in [-0.2, -0.15) is 0 Å². The maximum absolute atomic E-state index is 13.3. The number of halogens is 1. The van der Waals surface area contributed by atoms with Crippen LogP contribution in [0.1, 0.15) is 16.1 Å². The molecule has 18 heavy (non-hydrogen) atoms. The Balaban J connectivity index is 1.98. The Labute approximate surface area is 108 Å². The molecular weight excluding hydrogens is 253 g/mol. The van der Waals surface area contributed by atoms with Gasteiger partial charge in [0.1, 0.15) is 5.82 Å². The van der Waals surface area contributed by atoms with Gasteiger partial charge in [0.2, 0.25) is 0 Å². The Morgan fingerprint density at radius 3 is 2.89 bits per heavy atom. The molecule has 0 atom stereocenters. The van der Waals surface area contributed by atoms with Gasteiger partial charge in [-0.25, -0.2) is 9.37 Å². The van der Waals surface area contributed by atoms with E-state index in [4.69, 9.17) is 0 Å². The maximum Gasteiger partial charge on any atom is 0.254 e. The van der Waals surface area contributed by atoms with Gasteiger partial charge in [0, 0.05) is 12.4 Å². The third kappa shape index (κ3) is 2.84. The number of rotatable bonds is 4. The fourth-order valence-corrected chi connectivity index (χ4v) is 2.09. The molecule has 0 spiro atoms. The van der Waals surface area contributed by atoms with Crippen LogP contribution in [0.15, 0.2) is 29.6 Å². The van der Waals surface area contributed by atoms with Crippen molar-refractivity contribution < 1.29 is 9.18 Å². The van der Waals surface area contributed by atoms with E-state index in [1.165, 1.54) is 23.5 Å². The highest BCUT2D eigenvalue weighted by Gasteiger charge is 2.10. The van der Waals surface area contributed by atoms with Crippen molar-refractivity contribution in [2.24, 2.45) is 0 Å². The second-order valence-electron chi connectivity index (χ2n) is 3.56. The molecule has 0 aliphatic heterocycles. The Morgan fingerprint density at radius 1 is 1.44 bits per heavy atom. The van der Waals surface area contributed by atoms with Crippen LogP contribution in [-0.2, 0) is 6.54 Å². The molecule has 0 aliphatic carbocycles. The molecule has 1 heterocycles. The molecule has 2 aromatic rings. The number of nitrogens with one attached hydrogen (secondary N) is 2. The van der Waals surface area contributed by atoms with Gasteiger partial charge < -0.3 is 10.6 Å². The van der Waals surface area contributed by atoms with E-state index in [-0.39, 0.29) is 12.1 Å². The first kappa shape index (κ1) is 12.5. The highest BCUT2D eigenvalue weighted by molar-refractivity contribution is 7.13. The molecule has 0 unspecified atom stereocenters. The molecule has 6 heteroatoms. The predicted octanol–water partition coefficient (Wildman–Crippen LogP) is 2.25. The van der Waals surface area contributed by atoms with Crippen LogP contribution < -0.4 is 10.6 Å². The maximum atomic E-state index is 13.3. The first-order valence-corrected chi connectivity index (χ1v) is 6.23. The molecular formula is C12H12FN3OS. The minimum Gasteiger partial charge on any atom is -0.365 e. The van der Waals surface area contributed by atoms with Gasteiger partial charge in [0.05, 0.1) is 17.8 Å². The summed E-state index contributed by atoms with van der Waals surface area (Å²) in [7, 11) is 1.78. The van der Waals surface area contributed by atoms with Gasteiger partial charge in [-0.3, -0.25) is 4.79 Å². The molecule has 2 N–H and O–H groups in total. The van der Waals surface area contributed by atoms with E-state index in [1.807, 2.05) is 5.38 Å². The molecule has 0 fully saturated rings. The fraction of sp³-hybridized carbons (Fsp3) is 0.167. The molecule has 94 valence electrons. The lowest BCUT2D eigenvalue weighted by Crippen LogP contribution is -2.23. The third-order valence-corrected chi connectivity index (χ3v) is 3.22. The van der Waals surface area contributed by atoms with E-state index in [0.717, 1.165) is 10.8 Å². The van der Waals surface area contributed by atoms with E-state index >= 15 is 0 Å². The number of anilines is 1. The molecule has 4 nitrogen and oxygen atoms in total. The minimum absolute atomic E-state index is 0.0431. The van der Waals surface area contributed by atoms with Crippen LogP contribution in [0, 0.1) is 5.82 Å². The summed E-state index contributed by atoms with van der Waals surface area (Å²) in [5.74, 6) is -0.962. The van der Waals surface area contributed by atoms with Gasteiger partial charge >= 0.3 is 0 Å². The number of aromatic nitrogens is 1. The molecule has 2 rings (SSSR count). The van der Waals surface area contributed by atoms with Crippen LogP contribution in [0.4, 0.5) is 9.52 Å². The Hall–Kier alpha value is -1.95. The van der Waals surface area contributed by atoms with Crippen LogP contribution in [0.5, 0.6) is 0 Å². The van der Waals surface area contributed by atoms with E-state index in [1.54, 1.807) is 19.2 Å². The van der Waals surface area contributed by atoms with Crippen LogP contribution in [-0.4, -0.2) is 17.9 Å². The Kier molecular flexibility index (Phi) is 3.88. The molecule has 0 saturated carbocycles. The topological polar surface area (TPSA) is 54.0 Å². The molecule has 0 bridgehead atoms. The van der Waals surface area contributed by atoms with Gasteiger partial charge in [-0.1, -0.05) is 12.1 Å². The number of hydrogen-bond acceptors (Lipinski definition) is 4. The highest BCUT2D eigenvalue weighted by Crippen LogP contribution is 2.14. The number of thiazole rings is 1. The first-order chi connectivity index (χ1) is 8.70. The lowest BCUT2D eigenvalue weighted by Gasteiger charge is -2.04. The first-order valence-electron chi connectivity index (χ1n) is 5.35. The summed E-state index contributed by atoms with van der Waals surface area (Å²) in [6, 6.07) is 5.88. The largest absolute Gasteiger partial charge is 0.365 e. The summed E-state index contributed by atoms with van der Waals surface area (Å²) >= 11 is 1.45. The predicted molar refractivity (Wildman–Crippen MR) is 69.2 cm³/mol. The standard InChI is InChI=1S/C12H12FN3OS/c1-14-12-16-8(7-18-12)6-15-11(17)9-4-2-3-5-10(9)13/h2-5,7H,6H2,1H3,(H,14,16)(H,15,17). The smallest absolute Gasteiger partial charge is 0.254 e. The summed E-state index contributed by atoms with van der Waals surface area (Å²) in [6.07, 6.45) is 0. The molecule has 0 aliphatic rings. The zero-order valence-corrected chi connectivity index (χ0v) is 10.6. The fourth-order valence-electron chi connectivity index (χ4n) is 1.41. The second kappa shape index (κ2) is 5.59. The number of hydrogen-bond donors (Lipinski definition) is 2. The van der Waals surface area contributed by atoms with Gasteiger partial charge in [0.25, 0.3) is 5.91 Å². The number of carbonyl (C=O) groups excluding carboxylic acids is 1. The lowest BCUT2D eigenvalue weighted by atomic mass is 10.2. The average Bonchev–Trinajstić information content (AvgIpc) is 2.84. The average molecular weight is 265 g/mol. The molecule has 1 aromatic heterocycles. The van der Waals surface area contributed by atoms with Crippen LogP contribution >= 0.6 is 11.3 Å². The molecule has 0 radical (unpaired) electrons. The summed E-state index contributed by atoms with van der Waals surface area (Å²) in [6.45, 7) is 0.283. The van der Waals surface area contributed by atoms with Crippen LogP contribution in [0.25, 0.3) is 0 Å². The number of carbonyl (C=O) groups is 1. The highest BCUT2D eigenvalue weighted by atomic mass is 32.1. The van der Waals surface area contributed by atoms with Gasteiger partial charge in [-0.05, 0) is 12.1 Å². The lowest BCUT2D eigenvalue weighted by molar-refractivity contribution is 0.0946. The SMILES string of the molecule is CNc1nc(CNC(=O)c2ccccc2F)cs1. The van der Waals surface area contributed by atoms with E-state index < -0.39 is 11.7 Å². The summed E-state index contributed by atoms with van der Waals surface area (Å²) in [5.41, 5.74) is 0.788. The third-order valence-electron chi connectivity index (χ3n) is 2.31. The van der Waals surface area contributed by atoms with Crippen molar-refractivity contribution >= 4 is 22.4 Å². The van der Waals surface area contributed by atoms with Crippen LogP contribution in [0.3, 0.4) is 0 Å². The van der Waals surface area contributed by atoms with E-state index in [2.05, 4.69) is 15.6 Å². The van der Waals surface area contributed by atoms with E-state index in [0.29, 0.717) is 0 Å². The van der Waals surface area contributed by atoms with Crippen LogP contribution in [0.2, 0.25) is 0 Å². The van der Waals surface area contributed by atoms with Crippen molar-refractivity contribution in [2.75, 3.05) is 12.4 Å². The van der Waals surface area contributed by atoms with E-state index in [9.17, 15) is 9.18 Å². The summed E-state index contributed by atoms with van der Waals surface area (Å²) in [4.78, 5) is 15.9. The van der Waals surface area contributed by atoms with Gasteiger partial charge in [-0.15, -0.1) is 11.3 Å². The van der Waals surface area contributed by atoms with Crippen molar-refractivity contribution in [3.05, 3.63) is 46.7 Å². The second-order valence-corrected chi connectivity index (χ2v) is 4.41. The summed E-state index contributed by atoms with van der Waals surface area (Å²) in [5, 5.41) is 8.16. The Bertz CT molecular complexity index is 556. The van der Waals surface area contributed by atoms with Gasteiger partial charge in [0.15, 0.2) is 5.13 Å². The quantitative estimate of drug-likeness (QED) is 0.891. The number of benzene rings is 1. The van der Waals surface area contributed by atoms with Crippen molar-refractivity contribution in [2.45, 2.75) is 6.54 Å².